The number of ether oxygens (including phenoxy) is 1. The van der Waals surface area contributed by atoms with E-state index in [4.69, 9.17) is 27.9 Å². The van der Waals surface area contributed by atoms with E-state index in [1.165, 1.54) is 6.42 Å². The third-order valence-corrected chi connectivity index (χ3v) is 5.14. The Balaban J connectivity index is 1.58. The summed E-state index contributed by atoms with van der Waals surface area (Å²) in [6.45, 7) is 3.24. The normalized spacial score (nSPS) is 15.0. The van der Waals surface area contributed by atoms with Gasteiger partial charge in [-0.3, -0.25) is 9.59 Å². The van der Waals surface area contributed by atoms with Crippen LogP contribution in [-0.4, -0.2) is 35.9 Å². The van der Waals surface area contributed by atoms with Gasteiger partial charge in [0, 0.05) is 29.4 Å². The molecule has 7 heteroatoms. The highest BCUT2D eigenvalue weighted by Gasteiger charge is 2.19. The van der Waals surface area contributed by atoms with Crippen molar-refractivity contribution in [3.05, 3.63) is 58.1 Å². The summed E-state index contributed by atoms with van der Waals surface area (Å²) < 4.78 is 5.61. The van der Waals surface area contributed by atoms with Gasteiger partial charge in [0.2, 0.25) is 0 Å². The summed E-state index contributed by atoms with van der Waals surface area (Å²) >= 11 is 11.9. The number of piperidine rings is 1. The Hall–Kier alpha value is -2.24. The van der Waals surface area contributed by atoms with Crippen LogP contribution in [0.15, 0.2) is 42.5 Å². The average molecular weight is 421 g/mol. The number of likely N-dealkylation sites (tertiary alicyclic amines) is 1. The summed E-state index contributed by atoms with van der Waals surface area (Å²) in [5.41, 5.74) is 1.22. The first-order valence-electron chi connectivity index (χ1n) is 9.26. The first-order chi connectivity index (χ1) is 13.4. The molecule has 148 valence electrons. The van der Waals surface area contributed by atoms with Crippen molar-refractivity contribution in [1.29, 1.82) is 0 Å². The van der Waals surface area contributed by atoms with Gasteiger partial charge in [0.25, 0.3) is 11.8 Å². The maximum Gasteiger partial charge on any atom is 0.265 e. The first kappa shape index (κ1) is 20.5. The maximum atomic E-state index is 12.5. The second kappa shape index (κ2) is 9.30. The lowest BCUT2D eigenvalue weighted by atomic mass is 10.1. The highest BCUT2D eigenvalue weighted by Crippen LogP contribution is 2.28. The van der Waals surface area contributed by atoms with Crippen LogP contribution in [0.25, 0.3) is 0 Å². The lowest BCUT2D eigenvalue weighted by molar-refractivity contribution is -0.122. The molecule has 2 aromatic rings. The molecule has 0 radical (unpaired) electrons. The van der Waals surface area contributed by atoms with Crippen molar-refractivity contribution in [3.8, 4) is 5.75 Å². The molecule has 1 atom stereocenters. The highest BCUT2D eigenvalue weighted by molar-refractivity contribution is 6.35. The molecule has 1 saturated heterocycles. The number of hydrogen-bond donors (Lipinski definition) is 1. The van der Waals surface area contributed by atoms with Crippen LogP contribution in [-0.2, 0) is 4.79 Å². The van der Waals surface area contributed by atoms with E-state index in [1.807, 2.05) is 4.90 Å². The molecule has 0 aromatic heterocycles. The largest absolute Gasteiger partial charge is 0.479 e. The molecule has 2 aromatic carbocycles. The minimum atomic E-state index is -0.756. The summed E-state index contributed by atoms with van der Waals surface area (Å²) in [5, 5.41) is 3.62. The van der Waals surface area contributed by atoms with Crippen LogP contribution in [0.4, 0.5) is 5.69 Å². The van der Waals surface area contributed by atoms with E-state index in [1.54, 1.807) is 49.4 Å². The minimum Gasteiger partial charge on any atom is -0.479 e. The Bertz CT molecular complexity index is 849. The molecule has 0 aliphatic carbocycles. The Morgan fingerprint density at radius 3 is 2.36 bits per heavy atom. The summed E-state index contributed by atoms with van der Waals surface area (Å²) in [7, 11) is 0. The van der Waals surface area contributed by atoms with Crippen molar-refractivity contribution in [2.45, 2.75) is 32.3 Å². The van der Waals surface area contributed by atoms with Gasteiger partial charge in [-0.25, -0.2) is 0 Å². The molecule has 1 aliphatic heterocycles. The minimum absolute atomic E-state index is 0.0339. The zero-order valence-electron chi connectivity index (χ0n) is 15.6. The third kappa shape index (κ3) is 5.18. The van der Waals surface area contributed by atoms with E-state index in [0.717, 1.165) is 25.9 Å². The van der Waals surface area contributed by atoms with Crippen LogP contribution in [0.2, 0.25) is 10.0 Å². The van der Waals surface area contributed by atoms with Gasteiger partial charge in [0.05, 0.1) is 5.02 Å². The number of hydrogen-bond acceptors (Lipinski definition) is 3. The fraction of sp³-hybridized carbons (Fsp3) is 0.333. The molecule has 0 saturated carbocycles. The molecule has 5 nitrogen and oxygen atoms in total. The molecule has 3 rings (SSSR count). The third-order valence-electron chi connectivity index (χ3n) is 4.61. The number of amides is 2. The van der Waals surface area contributed by atoms with Gasteiger partial charge >= 0.3 is 0 Å². The van der Waals surface area contributed by atoms with Crippen LogP contribution in [0, 0.1) is 0 Å². The number of benzene rings is 2. The van der Waals surface area contributed by atoms with Crippen molar-refractivity contribution < 1.29 is 14.3 Å². The smallest absolute Gasteiger partial charge is 0.265 e. The second-order valence-electron chi connectivity index (χ2n) is 6.75. The highest BCUT2D eigenvalue weighted by atomic mass is 35.5. The quantitative estimate of drug-likeness (QED) is 0.737. The summed E-state index contributed by atoms with van der Waals surface area (Å²) in [4.78, 5) is 26.8. The van der Waals surface area contributed by atoms with Crippen molar-refractivity contribution in [3.63, 3.8) is 0 Å². The molecule has 0 spiro atoms. The molecule has 1 unspecified atom stereocenters. The molecule has 28 heavy (non-hydrogen) atoms. The fourth-order valence-corrected chi connectivity index (χ4v) is 3.49. The molecule has 0 bridgehead atoms. The van der Waals surface area contributed by atoms with Crippen LogP contribution < -0.4 is 10.1 Å². The number of anilines is 1. The van der Waals surface area contributed by atoms with Crippen LogP contribution >= 0.6 is 23.2 Å². The zero-order chi connectivity index (χ0) is 20.1. The number of carbonyl (C=O) groups excluding carboxylic acids is 2. The van der Waals surface area contributed by atoms with Crippen molar-refractivity contribution in [2.24, 2.45) is 0 Å². The Morgan fingerprint density at radius 1 is 1.04 bits per heavy atom. The monoisotopic (exact) mass is 420 g/mol. The predicted octanol–water partition coefficient (Wildman–Crippen LogP) is 5.03. The Labute approximate surface area is 174 Å². The number of rotatable bonds is 5. The maximum absolute atomic E-state index is 12.5. The predicted molar refractivity (Wildman–Crippen MR) is 111 cm³/mol. The number of nitrogens with zero attached hydrogens (tertiary/aromatic N) is 1. The van der Waals surface area contributed by atoms with E-state index in [9.17, 15) is 9.59 Å². The topological polar surface area (TPSA) is 58.6 Å². The van der Waals surface area contributed by atoms with Gasteiger partial charge in [0.15, 0.2) is 6.10 Å². The molecule has 1 aliphatic rings. The fourth-order valence-electron chi connectivity index (χ4n) is 3.03. The summed E-state index contributed by atoms with van der Waals surface area (Å²) in [6.07, 6.45) is 2.52. The van der Waals surface area contributed by atoms with E-state index < -0.39 is 6.10 Å². The van der Waals surface area contributed by atoms with E-state index in [2.05, 4.69) is 5.32 Å². The summed E-state index contributed by atoms with van der Waals surface area (Å²) in [6, 6.07) is 11.7. The molecule has 2 amide bonds. The molecular weight excluding hydrogens is 399 g/mol. The average Bonchev–Trinajstić information content (AvgIpc) is 2.70. The second-order valence-corrected chi connectivity index (χ2v) is 7.60. The molecule has 1 heterocycles. The lowest BCUT2D eigenvalue weighted by Gasteiger charge is -2.26. The number of halogens is 2. The van der Waals surface area contributed by atoms with Crippen molar-refractivity contribution in [1.82, 2.24) is 4.90 Å². The van der Waals surface area contributed by atoms with Crippen molar-refractivity contribution >= 4 is 40.7 Å². The lowest BCUT2D eigenvalue weighted by Crippen LogP contribution is -2.35. The van der Waals surface area contributed by atoms with Crippen LogP contribution in [0.5, 0.6) is 5.75 Å². The zero-order valence-corrected chi connectivity index (χ0v) is 17.1. The standard InChI is InChI=1S/C21H22Cl2N2O3/c1-14(28-19-10-7-16(22)13-18(19)23)20(26)24-17-8-5-15(6-9-17)21(27)25-11-3-2-4-12-25/h5-10,13-14H,2-4,11-12H2,1H3,(H,24,26). The Morgan fingerprint density at radius 2 is 1.71 bits per heavy atom. The molecule has 1 N–H and O–H groups in total. The SMILES string of the molecule is CC(Oc1ccc(Cl)cc1Cl)C(=O)Nc1ccc(C(=O)N2CCCCC2)cc1. The van der Waals surface area contributed by atoms with Gasteiger partial charge in [-0.2, -0.15) is 0 Å². The molecular formula is C21H22Cl2N2O3. The Kier molecular flexibility index (Phi) is 6.81. The van der Waals surface area contributed by atoms with E-state index >= 15 is 0 Å². The van der Waals surface area contributed by atoms with Crippen molar-refractivity contribution in [2.75, 3.05) is 18.4 Å². The summed E-state index contributed by atoms with van der Waals surface area (Å²) in [5.74, 6) is 0.101. The van der Waals surface area contributed by atoms with Gasteiger partial charge < -0.3 is 15.0 Å². The van der Waals surface area contributed by atoms with Gasteiger partial charge in [-0.05, 0) is 68.7 Å². The van der Waals surface area contributed by atoms with Gasteiger partial charge in [-0.1, -0.05) is 23.2 Å². The van der Waals surface area contributed by atoms with E-state index in [-0.39, 0.29) is 11.8 Å². The van der Waals surface area contributed by atoms with E-state index in [0.29, 0.717) is 27.0 Å². The number of nitrogens with one attached hydrogen (secondary N) is 1. The first-order valence-corrected chi connectivity index (χ1v) is 10.0. The van der Waals surface area contributed by atoms with Crippen LogP contribution in [0.1, 0.15) is 36.5 Å². The molecule has 1 fully saturated rings. The van der Waals surface area contributed by atoms with Gasteiger partial charge in [-0.15, -0.1) is 0 Å². The number of carbonyl (C=O) groups is 2. The van der Waals surface area contributed by atoms with Crippen LogP contribution in [0.3, 0.4) is 0 Å². The van der Waals surface area contributed by atoms with Gasteiger partial charge in [0.1, 0.15) is 5.75 Å².